The molecule has 1 aromatic rings. The number of carbonyl (C=O) groups is 1. The van der Waals surface area contributed by atoms with E-state index >= 15 is 0 Å². The summed E-state index contributed by atoms with van der Waals surface area (Å²) in [6.07, 6.45) is 0. The molecule has 56 valence electrons. The van der Waals surface area contributed by atoms with E-state index in [1.54, 1.807) is 11.3 Å². The van der Waals surface area contributed by atoms with Gasteiger partial charge in [0, 0.05) is 16.4 Å². The van der Waals surface area contributed by atoms with E-state index in [0.717, 1.165) is 10.4 Å². The lowest BCUT2D eigenvalue weighted by atomic mass is 10.3. The van der Waals surface area contributed by atoms with Gasteiger partial charge < -0.3 is 5.73 Å². The van der Waals surface area contributed by atoms with Crippen molar-refractivity contribution < 1.29 is 4.79 Å². The van der Waals surface area contributed by atoms with Crippen LogP contribution in [0.3, 0.4) is 0 Å². The fourth-order valence-electron chi connectivity index (χ4n) is 0.644. The van der Waals surface area contributed by atoms with Crippen LogP contribution in [0.5, 0.6) is 0 Å². The molecule has 0 aliphatic heterocycles. The van der Waals surface area contributed by atoms with Gasteiger partial charge in [0.2, 0.25) is 0 Å². The molecule has 2 N–H and O–H groups in total. The first-order valence-electron chi connectivity index (χ1n) is 3.05. The Labute approximate surface area is 69.0 Å². The van der Waals surface area contributed by atoms with Crippen LogP contribution in [-0.2, 0) is 4.79 Å². The minimum absolute atomic E-state index is 0.587. The topological polar surface area (TPSA) is 43.1 Å². The van der Waals surface area contributed by atoms with Crippen molar-refractivity contribution in [3.8, 4) is 11.8 Å². The Morgan fingerprint density at radius 1 is 1.73 bits per heavy atom. The third-order valence-electron chi connectivity index (χ3n) is 1.18. The predicted octanol–water partition coefficient (Wildman–Crippen LogP) is 0.893. The average Bonchev–Trinajstić information content (AvgIpc) is 2.31. The molecular formula is C8H7NOS. The Bertz CT molecular complexity index is 329. The first kappa shape index (κ1) is 7.83. The molecule has 0 atom stereocenters. The van der Waals surface area contributed by atoms with Crippen molar-refractivity contribution in [2.75, 3.05) is 0 Å². The van der Waals surface area contributed by atoms with Gasteiger partial charge in [-0.3, -0.25) is 4.79 Å². The Morgan fingerprint density at radius 3 is 2.91 bits per heavy atom. The van der Waals surface area contributed by atoms with Gasteiger partial charge >= 0.3 is 0 Å². The predicted molar refractivity (Wildman–Crippen MR) is 45.1 cm³/mol. The van der Waals surface area contributed by atoms with Crippen LogP contribution in [0, 0.1) is 18.8 Å². The van der Waals surface area contributed by atoms with Gasteiger partial charge in [0.25, 0.3) is 5.91 Å². The van der Waals surface area contributed by atoms with Crippen molar-refractivity contribution in [3.05, 3.63) is 21.9 Å². The first-order chi connectivity index (χ1) is 5.20. The number of hydrogen-bond donors (Lipinski definition) is 1. The number of rotatable bonds is 0. The summed E-state index contributed by atoms with van der Waals surface area (Å²) in [5.41, 5.74) is 5.73. The second kappa shape index (κ2) is 3.22. The van der Waals surface area contributed by atoms with Crippen LogP contribution in [0.2, 0.25) is 0 Å². The fraction of sp³-hybridized carbons (Fsp3) is 0.125. The molecule has 0 bridgehead atoms. The van der Waals surface area contributed by atoms with E-state index in [1.807, 2.05) is 18.4 Å². The minimum Gasteiger partial charge on any atom is -0.359 e. The first-order valence-corrected chi connectivity index (χ1v) is 3.93. The van der Waals surface area contributed by atoms with Crippen LogP contribution in [-0.4, -0.2) is 5.91 Å². The van der Waals surface area contributed by atoms with Crippen LogP contribution in [0.1, 0.15) is 10.4 Å². The summed E-state index contributed by atoms with van der Waals surface area (Å²) in [5.74, 6) is 4.38. The second-order valence-electron chi connectivity index (χ2n) is 2.00. The van der Waals surface area contributed by atoms with Gasteiger partial charge in [0.05, 0.1) is 0 Å². The van der Waals surface area contributed by atoms with Crippen LogP contribution >= 0.6 is 11.3 Å². The highest BCUT2D eigenvalue weighted by Crippen LogP contribution is 2.12. The number of nitrogens with two attached hydrogens (primary N) is 1. The van der Waals surface area contributed by atoms with E-state index in [0.29, 0.717) is 0 Å². The maximum Gasteiger partial charge on any atom is 0.293 e. The molecule has 0 saturated heterocycles. The van der Waals surface area contributed by atoms with Crippen molar-refractivity contribution in [2.45, 2.75) is 6.92 Å². The standard InChI is InChI=1S/C8H7NOS/c1-6-7(4-5-11-6)2-3-8(9)10/h4-5H,1H3,(H2,9,10). The highest BCUT2D eigenvalue weighted by molar-refractivity contribution is 7.10. The third kappa shape index (κ3) is 2.10. The summed E-state index contributed by atoms with van der Waals surface area (Å²) in [6.45, 7) is 1.95. The zero-order valence-electron chi connectivity index (χ0n) is 6.05. The maximum atomic E-state index is 10.3. The molecule has 0 spiro atoms. The molecule has 3 heteroatoms. The maximum absolute atomic E-state index is 10.3. The van der Waals surface area contributed by atoms with Crippen molar-refractivity contribution >= 4 is 17.2 Å². The largest absolute Gasteiger partial charge is 0.359 e. The average molecular weight is 165 g/mol. The molecule has 0 aromatic carbocycles. The highest BCUT2D eigenvalue weighted by atomic mass is 32.1. The lowest BCUT2D eigenvalue weighted by Gasteiger charge is -1.81. The quantitative estimate of drug-likeness (QED) is 0.570. The van der Waals surface area contributed by atoms with E-state index in [9.17, 15) is 4.79 Å². The van der Waals surface area contributed by atoms with E-state index in [1.165, 1.54) is 0 Å². The number of carbonyl (C=O) groups excluding carboxylic acids is 1. The number of hydrogen-bond acceptors (Lipinski definition) is 2. The van der Waals surface area contributed by atoms with Crippen molar-refractivity contribution in [3.63, 3.8) is 0 Å². The van der Waals surface area contributed by atoms with Crippen LogP contribution in [0.25, 0.3) is 0 Å². The Balaban J connectivity index is 2.90. The van der Waals surface area contributed by atoms with Gasteiger partial charge in [-0.15, -0.1) is 11.3 Å². The summed E-state index contributed by atoms with van der Waals surface area (Å²) in [6, 6.07) is 1.87. The van der Waals surface area contributed by atoms with Gasteiger partial charge in [-0.25, -0.2) is 0 Å². The lowest BCUT2D eigenvalue weighted by Crippen LogP contribution is -2.06. The van der Waals surface area contributed by atoms with Crippen molar-refractivity contribution in [2.24, 2.45) is 5.73 Å². The summed E-state index contributed by atoms with van der Waals surface area (Å²) in [4.78, 5) is 11.4. The number of amides is 1. The molecule has 11 heavy (non-hydrogen) atoms. The smallest absolute Gasteiger partial charge is 0.293 e. The van der Waals surface area contributed by atoms with Gasteiger partial charge in [0.15, 0.2) is 0 Å². The summed E-state index contributed by atoms with van der Waals surface area (Å²) < 4.78 is 0. The molecular weight excluding hydrogens is 158 g/mol. The van der Waals surface area contributed by atoms with Gasteiger partial charge in [-0.1, -0.05) is 5.92 Å². The highest BCUT2D eigenvalue weighted by Gasteiger charge is 1.93. The fourth-order valence-corrected chi connectivity index (χ4v) is 1.30. The number of primary amides is 1. The van der Waals surface area contributed by atoms with Gasteiger partial charge in [-0.2, -0.15) is 0 Å². The van der Waals surface area contributed by atoms with Gasteiger partial charge in [-0.05, 0) is 18.4 Å². The van der Waals surface area contributed by atoms with Crippen molar-refractivity contribution in [1.29, 1.82) is 0 Å². The molecule has 1 aromatic heterocycles. The molecule has 2 nitrogen and oxygen atoms in total. The van der Waals surface area contributed by atoms with Crippen LogP contribution in [0.4, 0.5) is 0 Å². The molecule has 1 rings (SSSR count). The zero-order chi connectivity index (χ0) is 8.27. The normalized spacial score (nSPS) is 8.45. The van der Waals surface area contributed by atoms with E-state index in [-0.39, 0.29) is 0 Å². The SMILES string of the molecule is Cc1sccc1C#CC(N)=O. The monoisotopic (exact) mass is 165 g/mol. The molecule has 0 saturated carbocycles. The molecule has 0 unspecified atom stereocenters. The van der Waals surface area contributed by atoms with Crippen LogP contribution < -0.4 is 5.73 Å². The minimum atomic E-state index is -0.587. The molecule has 0 aliphatic rings. The Morgan fingerprint density at radius 2 is 2.45 bits per heavy atom. The molecule has 0 radical (unpaired) electrons. The lowest BCUT2D eigenvalue weighted by molar-refractivity contribution is -0.112. The van der Waals surface area contributed by atoms with E-state index in [2.05, 4.69) is 11.8 Å². The van der Waals surface area contributed by atoms with E-state index in [4.69, 9.17) is 5.73 Å². The van der Waals surface area contributed by atoms with Gasteiger partial charge in [0.1, 0.15) is 0 Å². The van der Waals surface area contributed by atoms with Crippen LogP contribution in [0.15, 0.2) is 11.4 Å². The van der Waals surface area contributed by atoms with Crippen molar-refractivity contribution in [1.82, 2.24) is 0 Å². The number of thiophene rings is 1. The molecule has 1 heterocycles. The summed E-state index contributed by atoms with van der Waals surface area (Å²) >= 11 is 1.60. The van der Waals surface area contributed by atoms with E-state index < -0.39 is 5.91 Å². The molecule has 0 fully saturated rings. The molecule has 1 amide bonds. The summed E-state index contributed by atoms with van der Waals surface area (Å²) in [5, 5.41) is 1.93. The number of aryl methyl sites for hydroxylation is 1. The Hall–Kier alpha value is -1.27. The Kier molecular flexibility index (Phi) is 2.29. The third-order valence-corrected chi connectivity index (χ3v) is 2.02. The second-order valence-corrected chi connectivity index (χ2v) is 3.12. The summed E-state index contributed by atoms with van der Waals surface area (Å²) in [7, 11) is 0. The molecule has 0 aliphatic carbocycles. The zero-order valence-corrected chi connectivity index (χ0v) is 6.87.